The molecule has 1 fully saturated rings. The molecule has 1 aliphatic rings. The molecule has 8 heteroatoms. The number of nitriles is 1. The molecule has 24 heavy (non-hydrogen) atoms. The Morgan fingerprint density at radius 2 is 2.04 bits per heavy atom. The molecule has 2 rings (SSSR count). The number of carbonyl (C=O) groups is 1. The number of hydrogen-bond donors (Lipinski definition) is 1. The molecule has 7 nitrogen and oxygen atoms in total. The summed E-state index contributed by atoms with van der Waals surface area (Å²) in [5.41, 5.74) is 0.802. The first-order valence-electron chi connectivity index (χ1n) is 7.64. The number of carboxylic acid groups (broad SMARTS) is 1. The molecule has 0 radical (unpaired) electrons. The molecule has 1 aromatic carbocycles. The van der Waals surface area contributed by atoms with Gasteiger partial charge in [0.25, 0.3) is 0 Å². The molecule has 1 aromatic rings. The van der Waals surface area contributed by atoms with Crippen LogP contribution in [0, 0.1) is 17.2 Å². The summed E-state index contributed by atoms with van der Waals surface area (Å²) >= 11 is 0. The van der Waals surface area contributed by atoms with E-state index in [1.807, 2.05) is 24.8 Å². The number of benzene rings is 1. The van der Waals surface area contributed by atoms with Gasteiger partial charge in [-0.25, -0.2) is 13.2 Å². The minimum absolute atomic E-state index is 0.00395. The van der Waals surface area contributed by atoms with Gasteiger partial charge in [0.05, 0.1) is 16.5 Å². The lowest BCUT2D eigenvalue weighted by Crippen LogP contribution is -2.57. The average Bonchev–Trinajstić information content (AvgIpc) is 2.52. The fourth-order valence-corrected chi connectivity index (χ4v) is 3.81. The van der Waals surface area contributed by atoms with E-state index in [0.29, 0.717) is 25.3 Å². The van der Waals surface area contributed by atoms with Crippen molar-refractivity contribution in [1.29, 1.82) is 5.26 Å². The van der Waals surface area contributed by atoms with Crippen LogP contribution in [0.15, 0.2) is 23.1 Å². The Kier molecular flexibility index (Phi) is 5.04. The monoisotopic (exact) mass is 351 g/mol. The molecule has 0 spiro atoms. The van der Waals surface area contributed by atoms with Gasteiger partial charge in [0, 0.05) is 31.6 Å². The number of rotatable bonds is 3. The second-order valence-corrected chi connectivity index (χ2v) is 8.28. The van der Waals surface area contributed by atoms with Crippen molar-refractivity contribution in [3.05, 3.63) is 23.8 Å². The van der Waals surface area contributed by atoms with E-state index in [0.717, 1.165) is 6.26 Å². The second-order valence-electron chi connectivity index (χ2n) is 6.30. The predicted octanol–water partition coefficient (Wildman–Crippen LogP) is 1.79. The zero-order valence-electron chi connectivity index (χ0n) is 13.9. The molecule has 1 N–H and O–H groups in total. The number of piperazine rings is 1. The lowest BCUT2D eigenvalue weighted by Gasteiger charge is -2.43. The minimum Gasteiger partial charge on any atom is -0.465 e. The highest BCUT2D eigenvalue weighted by Gasteiger charge is 2.32. The molecule has 0 saturated carbocycles. The van der Waals surface area contributed by atoms with Gasteiger partial charge in [-0.3, -0.25) is 0 Å². The summed E-state index contributed by atoms with van der Waals surface area (Å²) < 4.78 is 23.8. The topological polar surface area (TPSA) is 102 Å². The van der Waals surface area contributed by atoms with Crippen LogP contribution in [-0.2, 0) is 9.84 Å². The molecule has 0 aromatic heterocycles. The standard InChI is InChI=1S/C16H21N3O4S/c1-11(2)14-10-18(6-7-19(14)16(20)21)13-5-4-12(9-17)15(8-13)24(3,22)23/h4-5,8,11,14H,6-7,10H2,1-3H3,(H,20,21). The normalized spacial score (nSPS) is 18.5. The van der Waals surface area contributed by atoms with Gasteiger partial charge >= 0.3 is 6.09 Å². The van der Waals surface area contributed by atoms with Gasteiger partial charge in [0.15, 0.2) is 9.84 Å². The number of nitrogens with zero attached hydrogens (tertiary/aromatic N) is 3. The SMILES string of the molecule is CC(C)C1CN(c2ccc(C#N)c(S(C)(=O)=O)c2)CCN1C(=O)O. The third kappa shape index (κ3) is 3.62. The van der Waals surface area contributed by atoms with Crippen molar-refractivity contribution in [3.8, 4) is 6.07 Å². The molecule has 1 aliphatic heterocycles. The van der Waals surface area contributed by atoms with E-state index in [2.05, 4.69) is 0 Å². The third-order valence-electron chi connectivity index (χ3n) is 4.28. The van der Waals surface area contributed by atoms with Crippen molar-refractivity contribution < 1.29 is 18.3 Å². The van der Waals surface area contributed by atoms with E-state index < -0.39 is 15.9 Å². The number of amides is 1. The molecular weight excluding hydrogens is 330 g/mol. The average molecular weight is 351 g/mol. The maximum absolute atomic E-state index is 11.9. The molecule has 1 atom stereocenters. The lowest BCUT2D eigenvalue weighted by molar-refractivity contribution is 0.103. The van der Waals surface area contributed by atoms with Gasteiger partial charge in [0.1, 0.15) is 6.07 Å². The molecule has 1 unspecified atom stereocenters. The van der Waals surface area contributed by atoms with Crippen molar-refractivity contribution in [3.63, 3.8) is 0 Å². The van der Waals surface area contributed by atoms with E-state index in [1.54, 1.807) is 6.07 Å². The van der Waals surface area contributed by atoms with Crippen LogP contribution >= 0.6 is 0 Å². The van der Waals surface area contributed by atoms with Crippen LogP contribution in [0.4, 0.5) is 10.5 Å². The summed E-state index contributed by atoms with van der Waals surface area (Å²) in [6.07, 6.45) is 0.136. The fraction of sp³-hybridized carbons (Fsp3) is 0.500. The van der Waals surface area contributed by atoms with Gasteiger partial charge in [-0.05, 0) is 24.1 Å². The first-order chi connectivity index (χ1) is 11.1. The Balaban J connectivity index is 2.36. The van der Waals surface area contributed by atoms with Crippen molar-refractivity contribution in [2.24, 2.45) is 5.92 Å². The molecule has 1 saturated heterocycles. The molecule has 1 heterocycles. The van der Waals surface area contributed by atoms with Crippen molar-refractivity contribution in [2.75, 3.05) is 30.8 Å². The minimum atomic E-state index is -3.51. The van der Waals surface area contributed by atoms with Crippen molar-refractivity contribution in [1.82, 2.24) is 4.90 Å². The molecule has 0 bridgehead atoms. The number of anilines is 1. The van der Waals surface area contributed by atoms with Crippen LogP contribution in [0.2, 0.25) is 0 Å². The fourth-order valence-electron chi connectivity index (χ4n) is 2.96. The molecular formula is C16H21N3O4S. The number of hydrogen-bond acceptors (Lipinski definition) is 5. The molecule has 130 valence electrons. The Bertz CT molecular complexity index is 783. The predicted molar refractivity (Wildman–Crippen MR) is 89.8 cm³/mol. The summed E-state index contributed by atoms with van der Waals surface area (Å²) in [5.74, 6) is 0.136. The van der Waals surface area contributed by atoms with Gasteiger partial charge in [0.2, 0.25) is 0 Å². The van der Waals surface area contributed by atoms with E-state index in [-0.39, 0.29) is 22.4 Å². The maximum atomic E-state index is 11.9. The maximum Gasteiger partial charge on any atom is 0.407 e. The quantitative estimate of drug-likeness (QED) is 0.891. The first-order valence-corrected chi connectivity index (χ1v) is 9.53. The Morgan fingerprint density at radius 1 is 1.38 bits per heavy atom. The Morgan fingerprint density at radius 3 is 2.54 bits per heavy atom. The van der Waals surface area contributed by atoms with Crippen LogP contribution in [0.1, 0.15) is 19.4 Å². The van der Waals surface area contributed by atoms with Crippen LogP contribution in [0.3, 0.4) is 0 Å². The summed E-state index contributed by atoms with van der Waals surface area (Å²) in [5, 5.41) is 18.4. The van der Waals surface area contributed by atoms with Gasteiger partial charge in [-0.2, -0.15) is 5.26 Å². The largest absolute Gasteiger partial charge is 0.465 e. The Hall–Kier alpha value is -2.27. The highest BCUT2D eigenvalue weighted by atomic mass is 32.2. The zero-order valence-corrected chi connectivity index (χ0v) is 14.7. The molecule has 0 aliphatic carbocycles. The van der Waals surface area contributed by atoms with Gasteiger partial charge in [-0.15, -0.1) is 0 Å². The number of sulfone groups is 1. The van der Waals surface area contributed by atoms with Crippen molar-refractivity contribution >= 4 is 21.6 Å². The van der Waals surface area contributed by atoms with Crippen LogP contribution in [0.5, 0.6) is 0 Å². The lowest BCUT2D eigenvalue weighted by atomic mass is 9.99. The molecule has 1 amide bonds. The van der Waals surface area contributed by atoms with E-state index in [4.69, 9.17) is 5.26 Å². The van der Waals surface area contributed by atoms with Crippen LogP contribution < -0.4 is 4.90 Å². The van der Waals surface area contributed by atoms with E-state index in [9.17, 15) is 18.3 Å². The van der Waals surface area contributed by atoms with Gasteiger partial charge < -0.3 is 14.9 Å². The van der Waals surface area contributed by atoms with Crippen LogP contribution in [-0.4, -0.2) is 56.4 Å². The summed E-state index contributed by atoms with van der Waals surface area (Å²) in [6.45, 7) is 5.24. The summed E-state index contributed by atoms with van der Waals surface area (Å²) in [6, 6.07) is 6.44. The van der Waals surface area contributed by atoms with Gasteiger partial charge in [-0.1, -0.05) is 13.8 Å². The first kappa shape index (κ1) is 18.1. The Labute approximate surface area is 142 Å². The summed E-state index contributed by atoms with van der Waals surface area (Å²) in [4.78, 5) is 14.8. The highest BCUT2D eigenvalue weighted by molar-refractivity contribution is 7.90. The van der Waals surface area contributed by atoms with E-state index in [1.165, 1.54) is 17.0 Å². The van der Waals surface area contributed by atoms with Crippen LogP contribution in [0.25, 0.3) is 0 Å². The third-order valence-corrected chi connectivity index (χ3v) is 5.42. The smallest absolute Gasteiger partial charge is 0.407 e. The summed E-state index contributed by atoms with van der Waals surface area (Å²) in [7, 11) is -3.51. The zero-order chi connectivity index (χ0) is 18.1. The highest BCUT2D eigenvalue weighted by Crippen LogP contribution is 2.27. The second kappa shape index (κ2) is 6.69. The van der Waals surface area contributed by atoms with E-state index >= 15 is 0 Å². The van der Waals surface area contributed by atoms with Crippen molar-refractivity contribution in [2.45, 2.75) is 24.8 Å².